The summed E-state index contributed by atoms with van der Waals surface area (Å²) in [5.41, 5.74) is 2.42. The minimum absolute atomic E-state index is 0.164. The highest BCUT2D eigenvalue weighted by Crippen LogP contribution is 2.62. The smallest absolute Gasteiger partial charge is 0.264 e. The van der Waals surface area contributed by atoms with Crippen molar-refractivity contribution in [3.8, 4) is 0 Å². The lowest BCUT2D eigenvalue weighted by Gasteiger charge is -2.53. The highest BCUT2D eigenvalue weighted by molar-refractivity contribution is 8.02. The Morgan fingerprint density at radius 3 is 1.90 bits per heavy atom. The number of carbonyl (C=O) groups excluding carboxylic acids is 4. The third-order valence-corrected chi connectivity index (χ3v) is 16.8. The SMILES string of the molecule is CS[C@]1(CO)C(=O)N(C)[C@](Cc2cn([C@@]34C[C@@]5(SC)C(=O)N(C)[C@](CO)(SC)C(=O)N5[C@@H]3Nc3ccccc34)c3ccccc23)(SC)C(=O)N1C. The fraction of sp³-hybridized carbons (Fsp3) is 0.486. The molecule has 0 spiro atoms. The van der Waals surface area contributed by atoms with E-state index in [0.29, 0.717) is 0 Å². The molecule has 5 heterocycles. The van der Waals surface area contributed by atoms with Crippen molar-refractivity contribution in [3.63, 3.8) is 0 Å². The van der Waals surface area contributed by atoms with E-state index in [-0.39, 0.29) is 36.5 Å². The van der Waals surface area contributed by atoms with Gasteiger partial charge in [0.2, 0.25) is 0 Å². The standard InChI is InChI=1S/C35H42N6O6S4/c1-37-29(46)34(19-42,50-6)38(2)27(44)32(37,48-4)16-21-17-40(25-15-11-8-12-22(21)25)31-18-33(49-5)28(45)39(3)35(20-43,51-7)30(47)41(33)26(31)36-24-14-10-9-13-23(24)31/h8-15,17,26,36,42-43H,16,18-20H2,1-7H3/t26-,31+,32+,33+,34+,35+/m0/s1. The highest BCUT2D eigenvalue weighted by Gasteiger charge is 2.74. The quantitative estimate of drug-likeness (QED) is 0.296. The van der Waals surface area contributed by atoms with Crippen LogP contribution in [0.1, 0.15) is 17.5 Å². The van der Waals surface area contributed by atoms with Gasteiger partial charge in [-0.05, 0) is 42.7 Å². The van der Waals surface area contributed by atoms with Gasteiger partial charge in [-0.3, -0.25) is 24.1 Å². The van der Waals surface area contributed by atoms with Gasteiger partial charge in [0.15, 0.2) is 19.5 Å². The second kappa shape index (κ2) is 12.3. The molecule has 3 N–H and O–H groups in total. The second-order valence-electron chi connectivity index (χ2n) is 13.4. The molecule has 3 saturated heterocycles. The van der Waals surface area contributed by atoms with Gasteiger partial charge in [-0.15, -0.1) is 47.0 Å². The van der Waals surface area contributed by atoms with Crippen LogP contribution >= 0.6 is 47.0 Å². The molecule has 3 aromatic rings. The molecule has 12 nitrogen and oxygen atoms in total. The first-order valence-corrected chi connectivity index (χ1v) is 21.3. The number of aliphatic hydroxyl groups is 2. The number of aliphatic hydroxyl groups excluding tert-OH is 2. The minimum atomic E-state index is -1.50. The fourth-order valence-electron chi connectivity index (χ4n) is 8.89. The first kappa shape index (κ1) is 36.3. The van der Waals surface area contributed by atoms with Crippen LogP contribution in [0.4, 0.5) is 5.69 Å². The third-order valence-electron chi connectivity index (χ3n) is 11.8. The first-order valence-electron chi connectivity index (χ1n) is 16.4. The van der Waals surface area contributed by atoms with Crippen molar-refractivity contribution in [1.29, 1.82) is 0 Å². The Bertz CT molecular complexity index is 1970. The lowest BCUT2D eigenvalue weighted by atomic mass is 9.86. The molecule has 2 aromatic carbocycles. The number of aromatic nitrogens is 1. The van der Waals surface area contributed by atoms with Crippen LogP contribution < -0.4 is 5.32 Å². The predicted octanol–water partition coefficient (Wildman–Crippen LogP) is 2.54. The molecule has 3 fully saturated rings. The van der Waals surface area contributed by atoms with Gasteiger partial charge in [0.05, 0.1) is 13.2 Å². The van der Waals surface area contributed by atoms with E-state index in [1.54, 1.807) is 38.6 Å². The largest absolute Gasteiger partial charge is 0.392 e. The number of amides is 4. The van der Waals surface area contributed by atoms with Gasteiger partial charge in [0.1, 0.15) is 11.7 Å². The Morgan fingerprint density at radius 1 is 0.725 bits per heavy atom. The number of carbonyl (C=O) groups is 4. The van der Waals surface area contributed by atoms with Crippen LogP contribution in [-0.2, 0) is 31.1 Å². The summed E-state index contributed by atoms with van der Waals surface area (Å²) in [6.07, 6.45) is 8.81. The summed E-state index contributed by atoms with van der Waals surface area (Å²) in [7, 11) is 4.79. The number of nitrogens with zero attached hydrogens (tertiary/aromatic N) is 5. The molecule has 16 heteroatoms. The number of nitrogens with one attached hydrogen (secondary N) is 1. The van der Waals surface area contributed by atoms with Gasteiger partial charge in [0, 0.05) is 62.3 Å². The van der Waals surface area contributed by atoms with Gasteiger partial charge >= 0.3 is 0 Å². The molecule has 0 aliphatic carbocycles. The zero-order chi connectivity index (χ0) is 36.9. The molecular weight excluding hydrogens is 729 g/mol. The molecule has 6 atom stereocenters. The second-order valence-corrected chi connectivity index (χ2v) is 17.8. The summed E-state index contributed by atoms with van der Waals surface area (Å²) in [4.78, 5) is 58.3. The van der Waals surface area contributed by atoms with E-state index in [2.05, 4.69) is 9.88 Å². The van der Waals surface area contributed by atoms with Crippen molar-refractivity contribution in [2.45, 2.75) is 44.0 Å². The number of likely N-dealkylation sites (N-methyl/N-ethyl adjacent to an activating group) is 3. The maximum absolute atomic E-state index is 14.8. The van der Waals surface area contributed by atoms with Crippen LogP contribution in [0.15, 0.2) is 54.7 Å². The van der Waals surface area contributed by atoms with E-state index in [1.807, 2.05) is 67.2 Å². The molecular formula is C35H42N6O6S4. The van der Waals surface area contributed by atoms with E-state index in [0.717, 1.165) is 51.2 Å². The first-order chi connectivity index (χ1) is 24.3. The van der Waals surface area contributed by atoms with Crippen LogP contribution in [0.2, 0.25) is 0 Å². The fourth-order valence-corrected chi connectivity index (χ4v) is 12.5. The Hall–Kier alpha value is -3.02. The summed E-state index contributed by atoms with van der Waals surface area (Å²) in [5, 5.41) is 25.6. The molecule has 0 radical (unpaired) electrons. The van der Waals surface area contributed by atoms with E-state index < -0.39 is 44.4 Å². The maximum Gasteiger partial charge on any atom is 0.264 e. The van der Waals surface area contributed by atoms with Crippen LogP contribution in [0.25, 0.3) is 10.9 Å². The van der Waals surface area contributed by atoms with Gasteiger partial charge < -0.3 is 34.8 Å². The molecule has 0 saturated carbocycles. The van der Waals surface area contributed by atoms with Crippen molar-refractivity contribution in [2.24, 2.45) is 0 Å². The number of hydrogen-bond acceptors (Lipinski definition) is 11. The van der Waals surface area contributed by atoms with Crippen molar-refractivity contribution in [2.75, 3.05) is 64.7 Å². The van der Waals surface area contributed by atoms with Crippen LogP contribution in [0.5, 0.6) is 0 Å². The topological polar surface area (TPSA) is 139 Å². The lowest BCUT2D eigenvalue weighted by molar-refractivity contribution is -0.165. The highest BCUT2D eigenvalue weighted by atomic mass is 32.2. The van der Waals surface area contributed by atoms with Crippen molar-refractivity contribution >= 4 is 87.3 Å². The minimum Gasteiger partial charge on any atom is -0.392 e. The van der Waals surface area contributed by atoms with Crippen LogP contribution in [0, 0.1) is 0 Å². The predicted molar refractivity (Wildman–Crippen MR) is 205 cm³/mol. The van der Waals surface area contributed by atoms with Crippen LogP contribution in [0.3, 0.4) is 0 Å². The number of piperazine rings is 2. The molecule has 0 bridgehead atoms. The number of hydrogen-bond donors (Lipinski definition) is 3. The molecule has 7 rings (SSSR count). The Balaban J connectivity index is 1.46. The molecule has 4 aliphatic rings. The van der Waals surface area contributed by atoms with Gasteiger partial charge in [-0.2, -0.15) is 0 Å². The van der Waals surface area contributed by atoms with Crippen molar-refractivity contribution in [3.05, 3.63) is 65.9 Å². The van der Waals surface area contributed by atoms with Gasteiger partial charge in [0.25, 0.3) is 23.6 Å². The monoisotopic (exact) mass is 770 g/mol. The Labute approximate surface area is 314 Å². The number of fused-ring (bicyclic) bond motifs is 6. The molecule has 272 valence electrons. The number of anilines is 1. The normalized spacial score (nSPS) is 33.2. The van der Waals surface area contributed by atoms with E-state index in [9.17, 15) is 29.4 Å². The lowest BCUT2D eigenvalue weighted by Crippen LogP contribution is -2.74. The molecule has 4 aliphatic heterocycles. The Kier molecular flexibility index (Phi) is 8.74. The van der Waals surface area contributed by atoms with E-state index in [1.165, 1.54) is 38.2 Å². The van der Waals surface area contributed by atoms with Crippen molar-refractivity contribution in [1.82, 2.24) is 24.2 Å². The van der Waals surface area contributed by atoms with E-state index >= 15 is 0 Å². The van der Waals surface area contributed by atoms with Crippen LogP contribution in [-0.4, -0.2) is 143 Å². The van der Waals surface area contributed by atoms with Gasteiger partial charge in [-0.25, -0.2) is 0 Å². The number of benzene rings is 2. The molecule has 1 aromatic heterocycles. The van der Waals surface area contributed by atoms with Gasteiger partial charge in [-0.1, -0.05) is 36.4 Å². The average molecular weight is 771 g/mol. The third kappa shape index (κ3) is 4.23. The number of rotatable bonds is 9. The summed E-state index contributed by atoms with van der Waals surface area (Å²) in [5.74, 6) is -1.27. The maximum atomic E-state index is 14.8. The van der Waals surface area contributed by atoms with E-state index in [4.69, 9.17) is 0 Å². The zero-order valence-corrected chi connectivity index (χ0v) is 32.8. The number of thioether (sulfide) groups is 4. The summed E-state index contributed by atoms with van der Waals surface area (Å²) in [6.45, 7) is -1.06. The molecule has 0 unspecified atom stereocenters. The molecule has 51 heavy (non-hydrogen) atoms. The Morgan fingerprint density at radius 2 is 1.27 bits per heavy atom. The summed E-state index contributed by atoms with van der Waals surface area (Å²) >= 11 is 4.89. The summed E-state index contributed by atoms with van der Waals surface area (Å²) in [6, 6.07) is 15.8. The molecule has 4 amide bonds. The van der Waals surface area contributed by atoms with Crippen molar-refractivity contribution < 1.29 is 29.4 Å². The zero-order valence-electron chi connectivity index (χ0n) is 29.5. The summed E-state index contributed by atoms with van der Waals surface area (Å²) < 4.78 is 2.16. The average Bonchev–Trinajstić information content (AvgIpc) is 3.78. The number of para-hydroxylation sites is 2.